The fourth-order valence-electron chi connectivity index (χ4n) is 0.581. The maximum absolute atomic E-state index is 12.4. The van der Waals surface area contributed by atoms with Gasteiger partial charge in [-0.15, -0.1) is 0 Å². The molecule has 11 heavy (non-hydrogen) atoms. The van der Waals surface area contributed by atoms with E-state index in [4.69, 9.17) is 5.11 Å². The number of hydrogen-bond acceptors (Lipinski definition) is 2. The molecule has 1 rings (SSSR count). The highest BCUT2D eigenvalue weighted by Gasteiger charge is 2.13. The van der Waals surface area contributed by atoms with E-state index in [1.54, 1.807) is 0 Å². The number of hydrogen-bond donors (Lipinski definition) is 1. The summed E-state index contributed by atoms with van der Waals surface area (Å²) in [7, 11) is 0. The van der Waals surface area contributed by atoms with Crippen LogP contribution in [0.4, 0.5) is 13.3 Å². The van der Waals surface area contributed by atoms with Gasteiger partial charge in [0.15, 0.2) is 5.75 Å². The molecule has 1 aromatic rings. The molecule has 0 radical (unpaired) electrons. The standard InChI is InChI=1S/C6H3F3O2/c7-5-3(10)1-2-4(11-9)6(5)8/h1-2,10H. The van der Waals surface area contributed by atoms with Crippen LogP contribution >= 0.6 is 0 Å². The molecule has 0 atom stereocenters. The minimum Gasteiger partial charge on any atom is -0.505 e. The summed E-state index contributed by atoms with van der Waals surface area (Å²) in [6.45, 7) is 0. The molecule has 5 heteroatoms. The molecule has 0 spiro atoms. The van der Waals surface area contributed by atoms with Gasteiger partial charge in [0.05, 0.1) is 0 Å². The number of benzene rings is 1. The highest BCUT2D eigenvalue weighted by atomic mass is 19.3. The average Bonchev–Trinajstić information content (AvgIpc) is 2.01. The monoisotopic (exact) mass is 164 g/mol. The van der Waals surface area contributed by atoms with Gasteiger partial charge in [0.2, 0.25) is 17.4 Å². The summed E-state index contributed by atoms with van der Waals surface area (Å²) < 4.78 is 36.0. The van der Waals surface area contributed by atoms with E-state index < -0.39 is 23.1 Å². The van der Waals surface area contributed by atoms with Crippen molar-refractivity contribution in [3.8, 4) is 11.5 Å². The molecule has 0 saturated carbocycles. The number of aromatic hydroxyl groups is 1. The van der Waals surface area contributed by atoms with E-state index in [9.17, 15) is 13.3 Å². The van der Waals surface area contributed by atoms with Crippen molar-refractivity contribution >= 4 is 0 Å². The lowest BCUT2D eigenvalue weighted by Gasteiger charge is -1.98. The second kappa shape index (κ2) is 2.69. The van der Waals surface area contributed by atoms with Crippen molar-refractivity contribution in [2.75, 3.05) is 0 Å². The van der Waals surface area contributed by atoms with Crippen LogP contribution in [-0.4, -0.2) is 5.11 Å². The highest BCUT2D eigenvalue weighted by molar-refractivity contribution is 5.33. The minimum absolute atomic E-state index is 0.772. The van der Waals surface area contributed by atoms with Crippen LogP contribution in [0.1, 0.15) is 0 Å². The normalized spacial score (nSPS) is 9.73. The quantitative estimate of drug-likeness (QED) is 0.687. The first-order valence-electron chi connectivity index (χ1n) is 2.62. The Labute approximate surface area is 59.7 Å². The van der Waals surface area contributed by atoms with Crippen molar-refractivity contribution < 1.29 is 23.4 Å². The zero-order chi connectivity index (χ0) is 8.43. The Balaban J connectivity index is 3.25. The molecule has 0 aliphatic rings. The minimum atomic E-state index is -1.55. The third-order valence-electron chi connectivity index (χ3n) is 1.11. The van der Waals surface area contributed by atoms with Crippen LogP contribution in [0.3, 0.4) is 0 Å². The summed E-state index contributed by atoms with van der Waals surface area (Å²) in [6.07, 6.45) is 0. The van der Waals surface area contributed by atoms with Gasteiger partial charge < -0.3 is 5.11 Å². The van der Waals surface area contributed by atoms with E-state index in [1.165, 1.54) is 0 Å². The summed E-state index contributed by atoms with van der Waals surface area (Å²) in [5, 5.41) is 8.53. The molecule has 2 nitrogen and oxygen atoms in total. The van der Waals surface area contributed by atoms with E-state index in [-0.39, 0.29) is 0 Å². The van der Waals surface area contributed by atoms with Crippen molar-refractivity contribution in [2.24, 2.45) is 0 Å². The first kappa shape index (κ1) is 7.71. The first-order valence-corrected chi connectivity index (χ1v) is 2.62. The van der Waals surface area contributed by atoms with E-state index >= 15 is 0 Å². The van der Waals surface area contributed by atoms with Crippen molar-refractivity contribution in [1.82, 2.24) is 0 Å². The SMILES string of the molecule is Oc1ccc(OF)c(F)c1F. The molecule has 1 aromatic carbocycles. The van der Waals surface area contributed by atoms with Crippen molar-refractivity contribution in [3.05, 3.63) is 23.8 Å². The second-order valence-electron chi connectivity index (χ2n) is 1.79. The van der Waals surface area contributed by atoms with Gasteiger partial charge in [-0.25, -0.2) is 0 Å². The molecule has 0 fully saturated rings. The van der Waals surface area contributed by atoms with Crippen molar-refractivity contribution in [1.29, 1.82) is 0 Å². The highest BCUT2D eigenvalue weighted by Crippen LogP contribution is 2.26. The van der Waals surface area contributed by atoms with E-state index in [2.05, 4.69) is 4.94 Å². The number of phenols is 1. The fourth-order valence-corrected chi connectivity index (χ4v) is 0.581. The van der Waals surface area contributed by atoms with Gasteiger partial charge in [-0.1, -0.05) is 0 Å². The molecule has 0 heterocycles. The van der Waals surface area contributed by atoms with Gasteiger partial charge in [-0.3, -0.25) is 4.94 Å². The fraction of sp³-hybridized carbons (Fsp3) is 0. The molecule has 0 saturated heterocycles. The predicted octanol–water partition coefficient (Wildman–Crippen LogP) is 1.93. The largest absolute Gasteiger partial charge is 0.505 e. The van der Waals surface area contributed by atoms with Crippen LogP contribution in [0.25, 0.3) is 0 Å². The molecule has 0 aliphatic heterocycles. The van der Waals surface area contributed by atoms with Gasteiger partial charge in [-0.2, -0.15) is 8.78 Å². The molecular formula is C6H3F3O2. The van der Waals surface area contributed by atoms with Crippen LogP contribution in [-0.2, 0) is 0 Å². The molecule has 0 aromatic heterocycles. The summed E-state index contributed by atoms with van der Waals surface area (Å²) in [4.78, 5) is 2.95. The third kappa shape index (κ3) is 1.21. The van der Waals surface area contributed by atoms with Gasteiger partial charge in [-0.05, 0) is 12.1 Å². The molecule has 0 unspecified atom stereocenters. The Kier molecular flexibility index (Phi) is 1.89. The lowest BCUT2D eigenvalue weighted by atomic mass is 10.3. The molecule has 1 N–H and O–H groups in total. The first-order chi connectivity index (χ1) is 5.16. The molecule has 0 amide bonds. The van der Waals surface area contributed by atoms with Crippen molar-refractivity contribution in [2.45, 2.75) is 0 Å². The lowest BCUT2D eigenvalue weighted by molar-refractivity contribution is -0.0115. The van der Waals surface area contributed by atoms with Gasteiger partial charge >= 0.3 is 0 Å². The Bertz CT molecular complexity index is 275. The third-order valence-corrected chi connectivity index (χ3v) is 1.11. The zero-order valence-electron chi connectivity index (χ0n) is 5.14. The van der Waals surface area contributed by atoms with Gasteiger partial charge in [0.1, 0.15) is 0 Å². The van der Waals surface area contributed by atoms with E-state index in [0.717, 1.165) is 12.1 Å². The molecular weight excluding hydrogens is 161 g/mol. The number of halogens is 3. The predicted molar refractivity (Wildman–Crippen MR) is 29.8 cm³/mol. The van der Waals surface area contributed by atoms with E-state index in [1.807, 2.05) is 0 Å². The lowest BCUT2D eigenvalue weighted by Crippen LogP contribution is -1.88. The van der Waals surface area contributed by atoms with Crippen LogP contribution in [0.5, 0.6) is 11.5 Å². The summed E-state index contributed by atoms with van der Waals surface area (Å²) in [5.74, 6) is -4.85. The van der Waals surface area contributed by atoms with E-state index in [0.29, 0.717) is 0 Å². The molecule has 60 valence electrons. The van der Waals surface area contributed by atoms with Crippen LogP contribution in [0, 0.1) is 11.6 Å². The molecule has 0 bridgehead atoms. The Morgan fingerprint density at radius 2 is 1.82 bits per heavy atom. The van der Waals surface area contributed by atoms with Crippen LogP contribution in [0.15, 0.2) is 12.1 Å². The van der Waals surface area contributed by atoms with Gasteiger partial charge in [0, 0.05) is 4.53 Å². The van der Waals surface area contributed by atoms with Crippen LogP contribution in [0.2, 0.25) is 0 Å². The van der Waals surface area contributed by atoms with Gasteiger partial charge in [0.25, 0.3) is 0 Å². The topological polar surface area (TPSA) is 29.5 Å². The molecule has 0 aliphatic carbocycles. The number of rotatable bonds is 1. The summed E-state index contributed by atoms with van der Waals surface area (Å²) in [5.41, 5.74) is 0. The zero-order valence-corrected chi connectivity index (χ0v) is 5.14. The summed E-state index contributed by atoms with van der Waals surface area (Å²) >= 11 is 0. The van der Waals surface area contributed by atoms with Crippen molar-refractivity contribution in [3.63, 3.8) is 0 Å². The number of phenolic OH excluding ortho intramolecular Hbond substituents is 1. The average molecular weight is 164 g/mol. The maximum Gasteiger partial charge on any atom is 0.210 e. The Hall–Kier alpha value is -1.39. The summed E-state index contributed by atoms with van der Waals surface area (Å²) in [6, 6.07) is 1.56. The Morgan fingerprint density at radius 1 is 1.18 bits per heavy atom. The second-order valence-corrected chi connectivity index (χ2v) is 1.79. The maximum atomic E-state index is 12.4. The smallest absolute Gasteiger partial charge is 0.210 e. The van der Waals surface area contributed by atoms with Crippen LogP contribution < -0.4 is 4.94 Å². The Morgan fingerprint density at radius 3 is 2.36 bits per heavy atom.